The summed E-state index contributed by atoms with van der Waals surface area (Å²) in [6.45, 7) is 5.23. The van der Waals surface area contributed by atoms with Crippen molar-refractivity contribution in [2.24, 2.45) is 5.92 Å². The number of piperidine rings is 1. The minimum atomic E-state index is -0.239. The average molecular weight is 318 g/mol. The van der Waals surface area contributed by atoms with Crippen molar-refractivity contribution in [2.75, 3.05) is 26.2 Å². The summed E-state index contributed by atoms with van der Waals surface area (Å²) in [7, 11) is 0. The predicted octanol–water partition coefficient (Wildman–Crippen LogP) is 3.47. The van der Waals surface area contributed by atoms with Crippen molar-refractivity contribution >= 4 is 23.2 Å². The monoisotopic (exact) mass is 317 g/mol. The van der Waals surface area contributed by atoms with Gasteiger partial charge in [-0.2, -0.15) is 0 Å². The Bertz CT molecular complexity index is 420. The van der Waals surface area contributed by atoms with Crippen LogP contribution >= 0.6 is 23.2 Å². The minimum absolute atomic E-state index is 0.239. The summed E-state index contributed by atoms with van der Waals surface area (Å²) in [5, 5.41) is 10.8. The number of hydrogen-bond donors (Lipinski definition) is 1. The molecule has 0 aromatic heterocycles. The Balaban J connectivity index is 1.81. The highest BCUT2D eigenvalue weighted by Crippen LogP contribution is 2.32. The molecule has 3 nitrogen and oxygen atoms in total. The molecule has 0 saturated carbocycles. The van der Waals surface area contributed by atoms with E-state index in [9.17, 15) is 5.11 Å². The van der Waals surface area contributed by atoms with E-state index < -0.39 is 0 Å². The number of likely N-dealkylation sites (tertiary alicyclic amines) is 1. The van der Waals surface area contributed by atoms with Crippen LogP contribution in [0, 0.1) is 5.92 Å². The van der Waals surface area contributed by atoms with Crippen molar-refractivity contribution in [1.82, 2.24) is 4.90 Å². The van der Waals surface area contributed by atoms with E-state index in [1.165, 1.54) is 0 Å². The van der Waals surface area contributed by atoms with Crippen LogP contribution in [0.5, 0.6) is 5.75 Å². The van der Waals surface area contributed by atoms with Crippen LogP contribution in [0.4, 0.5) is 0 Å². The van der Waals surface area contributed by atoms with Crippen molar-refractivity contribution in [3.8, 4) is 5.75 Å². The Labute approximate surface area is 130 Å². The molecule has 1 N–H and O–H groups in total. The summed E-state index contributed by atoms with van der Waals surface area (Å²) in [5.74, 6) is 0.924. The van der Waals surface area contributed by atoms with Gasteiger partial charge in [-0.05, 0) is 44.4 Å². The van der Waals surface area contributed by atoms with Gasteiger partial charge in [0.05, 0.1) is 16.1 Å². The number of aliphatic hydroxyl groups excluding tert-OH is 1. The van der Waals surface area contributed by atoms with E-state index in [2.05, 4.69) is 4.90 Å². The molecule has 1 aromatic rings. The lowest BCUT2D eigenvalue weighted by molar-refractivity contribution is 0.0574. The van der Waals surface area contributed by atoms with Gasteiger partial charge < -0.3 is 9.84 Å². The third-order valence-electron chi connectivity index (χ3n) is 3.80. The second-order valence-electron chi connectivity index (χ2n) is 5.34. The predicted molar refractivity (Wildman–Crippen MR) is 82.8 cm³/mol. The van der Waals surface area contributed by atoms with Gasteiger partial charge in [0.15, 0.2) is 5.75 Å². The zero-order valence-corrected chi connectivity index (χ0v) is 13.2. The van der Waals surface area contributed by atoms with Gasteiger partial charge in [-0.1, -0.05) is 29.3 Å². The molecule has 0 spiro atoms. The van der Waals surface area contributed by atoms with Gasteiger partial charge in [-0.15, -0.1) is 0 Å². The maximum Gasteiger partial charge on any atom is 0.156 e. The highest BCUT2D eigenvalue weighted by Gasteiger charge is 2.23. The minimum Gasteiger partial charge on any atom is -0.489 e. The first-order valence-electron chi connectivity index (χ1n) is 7.05. The van der Waals surface area contributed by atoms with E-state index in [0.717, 1.165) is 32.5 Å². The molecule has 112 valence electrons. The average Bonchev–Trinajstić information content (AvgIpc) is 2.42. The molecule has 0 aliphatic carbocycles. The molecule has 5 heteroatoms. The largest absolute Gasteiger partial charge is 0.489 e. The highest BCUT2D eigenvalue weighted by atomic mass is 35.5. The number of halogens is 2. The van der Waals surface area contributed by atoms with E-state index in [4.69, 9.17) is 27.9 Å². The Morgan fingerprint density at radius 3 is 2.75 bits per heavy atom. The summed E-state index contributed by atoms with van der Waals surface area (Å²) in [5.41, 5.74) is 0. The van der Waals surface area contributed by atoms with Gasteiger partial charge in [0.2, 0.25) is 0 Å². The SMILES string of the molecule is CC(O)C1CCCN(CCOc2c(Cl)cccc2Cl)C1. The molecular weight excluding hydrogens is 297 g/mol. The third-order valence-corrected chi connectivity index (χ3v) is 4.39. The molecule has 2 atom stereocenters. The van der Waals surface area contributed by atoms with Crippen LogP contribution in [0.1, 0.15) is 19.8 Å². The van der Waals surface area contributed by atoms with Crippen molar-refractivity contribution in [3.63, 3.8) is 0 Å². The van der Waals surface area contributed by atoms with Gasteiger partial charge in [0.25, 0.3) is 0 Å². The molecule has 2 unspecified atom stereocenters. The maximum atomic E-state index is 9.68. The Kier molecular flexibility index (Phi) is 5.97. The quantitative estimate of drug-likeness (QED) is 0.902. The fraction of sp³-hybridized carbons (Fsp3) is 0.600. The van der Waals surface area contributed by atoms with Crippen molar-refractivity contribution in [2.45, 2.75) is 25.9 Å². The Morgan fingerprint density at radius 1 is 1.40 bits per heavy atom. The molecule has 1 fully saturated rings. The fourth-order valence-electron chi connectivity index (χ4n) is 2.59. The van der Waals surface area contributed by atoms with Crippen LogP contribution in [0.2, 0.25) is 10.0 Å². The van der Waals surface area contributed by atoms with E-state index in [1.807, 2.05) is 6.92 Å². The van der Waals surface area contributed by atoms with Crippen molar-refractivity contribution < 1.29 is 9.84 Å². The summed E-state index contributed by atoms with van der Waals surface area (Å²) in [6, 6.07) is 5.34. The molecule has 0 bridgehead atoms. The number of benzene rings is 1. The van der Waals surface area contributed by atoms with E-state index in [1.54, 1.807) is 18.2 Å². The van der Waals surface area contributed by atoms with Crippen LogP contribution in [0.3, 0.4) is 0 Å². The molecule has 1 saturated heterocycles. The first kappa shape index (κ1) is 15.9. The second-order valence-corrected chi connectivity index (χ2v) is 6.16. The lowest BCUT2D eigenvalue weighted by Gasteiger charge is -2.34. The standard InChI is InChI=1S/C15H21Cl2NO2/c1-11(19)12-4-3-7-18(10-12)8-9-20-15-13(16)5-2-6-14(15)17/h2,5-6,11-12,19H,3-4,7-10H2,1H3. The van der Waals surface area contributed by atoms with Crippen LogP contribution in [-0.4, -0.2) is 42.4 Å². The molecular formula is C15H21Cl2NO2. The van der Waals surface area contributed by atoms with E-state index in [0.29, 0.717) is 28.3 Å². The molecule has 20 heavy (non-hydrogen) atoms. The number of para-hydroxylation sites is 1. The van der Waals surface area contributed by atoms with E-state index >= 15 is 0 Å². The molecule has 1 aromatic carbocycles. The van der Waals surface area contributed by atoms with Crippen LogP contribution in [-0.2, 0) is 0 Å². The first-order valence-corrected chi connectivity index (χ1v) is 7.80. The molecule has 1 heterocycles. The van der Waals surface area contributed by atoms with E-state index in [-0.39, 0.29) is 6.10 Å². The lowest BCUT2D eigenvalue weighted by Crippen LogP contribution is -2.41. The Morgan fingerprint density at radius 2 is 2.10 bits per heavy atom. The molecule has 1 aliphatic rings. The zero-order valence-electron chi connectivity index (χ0n) is 11.7. The first-order chi connectivity index (χ1) is 9.58. The topological polar surface area (TPSA) is 32.7 Å². The lowest BCUT2D eigenvalue weighted by atomic mass is 9.93. The highest BCUT2D eigenvalue weighted by molar-refractivity contribution is 6.37. The van der Waals surface area contributed by atoms with Crippen LogP contribution in [0.25, 0.3) is 0 Å². The number of nitrogens with zero attached hydrogens (tertiary/aromatic N) is 1. The van der Waals surface area contributed by atoms with Gasteiger partial charge in [0.1, 0.15) is 6.61 Å². The van der Waals surface area contributed by atoms with Gasteiger partial charge in [-0.25, -0.2) is 0 Å². The van der Waals surface area contributed by atoms with Gasteiger partial charge >= 0.3 is 0 Å². The third kappa shape index (κ3) is 4.26. The smallest absolute Gasteiger partial charge is 0.156 e. The fourth-order valence-corrected chi connectivity index (χ4v) is 3.09. The normalized spacial score (nSPS) is 21.7. The summed E-state index contributed by atoms with van der Waals surface area (Å²) in [4.78, 5) is 2.33. The number of aliphatic hydroxyl groups is 1. The molecule has 1 aliphatic heterocycles. The summed E-state index contributed by atoms with van der Waals surface area (Å²) < 4.78 is 5.70. The summed E-state index contributed by atoms with van der Waals surface area (Å²) in [6.07, 6.45) is 1.99. The van der Waals surface area contributed by atoms with Gasteiger partial charge in [0, 0.05) is 13.1 Å². The number of rotatable bonds is 5. The molecule has 2 rings (SSSR count). The van der Waals surface area contributed by atoms with Crippen LogP contribution < -0.4 is 4.74 Å². The summed E-state index contributed by atoms with van der Waals surface area (Å²) >= 11 is 12.1. The van der Waals surface area contributed by atoms with Crippen molar-refractivity contribution in [3.05, 3.63) is 28.2 Å². The molecule has 0 radical (unpaired) electrons. The van der Waals surface area contributed by atoms with Gasteiger partial charge in [-0.3, -0.25) is 4.90 Å². The number of ether oxygens (including phenoxy) is 1. The second kappa shape index (κ2) is 7.51. The maximum absolute atomic E-state index is 9.68. The molecule has 0 amide bonds. The van der Waals surface area contributed by atoms with Crippen molar-refractivity contribution in [1.29, 1.82) is 0 Å². The Hall–Kier alpha value is -0.480. The zero-order chi connectivity index (χ0) is 14.5. The van der Waals surface area contributed by atoms with Crippen LogP contribution in [0.15, 0.2) is 18.2 Å². The number of hydrogen-bond acceptors (Lipinski definition) is 3.